The van der Waals surface area contributed by atoms with Crippen molar-refractivity contribution in [1.82, 2.24) is 5.32 Å². The van der Waals surface area contributed by atoms with Gasteiger partial charge in [-0.05, 0) is 17.9 Å². The third-order valence-electron chi connectivity index (χ3n) is 3.44. The van der Waals surface area contributed by atoms with Gasteiger partial charge in [-0.15, -0.1) is 0 Å². The fourth-order valence-corrected chi connectivity index (χ4v) is 2.08. The average Bonchev–Trinajstić information content (AvgIpc) is 2.44. The molecule has 1 aromatic carbocycles. The SMILES string of the molecule is CC(C)CCCC(=O)NCc1ccc(C(=O)C(C)C)cc1. The molecule has 1 amide bonds. The number of ketones is 1. The first-order valence-electron chi connectivity index (χ1n) is 7.80. The molecule has 1 N–H and O–H groups in total. The van der Waals surface area contributed by atoms with E-state index in [1.807, 2.05) is 38.1 Å². The summed E-state index contributed by atoms with van der Waals surface area (Å²) in [6.07, 6.45) is 2.60. The zero-order valence-electron chi connectivity index (χ0n) is 13.6. The van der Waals surface area contributed by atoms with E-state index >= 15 is 0 Å². The maximum Gasteiger partial charge on any atom is 0.220 e. The number of Topliss-reactive ketones (excluding diaryl/α,β-unsaturated/α-hetero) is 1. The number of carbonyl (C=O) groups excluding carboxylic acids is 2. The largest absolute Gasteiger partial charge is 0.352 e. The molecule has 116 valence electrons. The van der Waals surface area contributed by atoms with E-state index in [1.54, 1.807) is 0 Å². The normalized spacial score (nSPS) is 11.0. The van der Waals surface area contributed by atoms with Crippen molar-refractivity contribution in [2.75, 3.05) is 0 Å². The molecular formula is C18H27NO2. The summed E-state index contributed by atoms with van der Waals surface area (Å²) in [7, 11) is 0. The number of hydrogen-bond donors (Lipinski definition) is 1. The van der Waals surface area contributed by atoms with Crippen LogP contribution in [0.2, 0.25) is 0 Å². The summed E-state index contributed by atoms with van der Waals surface area (Å²) in [6.45, 7) is 8.65. The van der Waals surface area contributed by atoms with Crippen molar-refractivity contribution in [3.8, 4) is 0 Å². The van der Waals surface area contributed by atoms with Gasteiger partial charge >= 0.3 is 0 Å². The lowest BCUT2D eigenvalue weighted by Gasteiger charge is -2.08. The Hall–Kier alpha value is -1.64. The second-order valence-electron chi connectivity index (χ2n) is 6.28. The van der Waals surface area contributed by atoms with E-state index in [1.165, 1.54) is 0 Å². The highest BCUT2D eigenvalue weighted by Crippen LogP contribution is 2.10. The Morgan fingerprint density at radius 1 is 1.05 bits per heavy atom. The second kappa shape index (κ2) is 8.60. The predicted molar refractivity (Wildman–Crippen MR) is 86.1 cm³/mol. The molecular weight excluding hydrogens is 262 g/mol. The Kier molecular flexibility index (Phi) is 7.13. The van der Waals surface area contributed by atoms with Crippen LogP contribution in [0.4, 0.5) is 0 Å². The Labute approximate surface area is 128 Å². The molecule has 0 radical (unpaired) electrons. The summed E-state index contributed by atoms with van der Waals surface area (Å²) < 4.78 is 0. The first kappa shape index (κ1) is 17.4. The van der Waals surface area contributed by atoms with Crippen LogP contribution in [0.3, 0.4) is 0 Å². The molecule has 0 heterocycles. The molecule has 0 saturated carbocycles. The molecule has 0 aromatic heterocycles. The van der Waals surface area contributed by atoms with Crippen LogP contribution in [0.1, 0.15) is 62.9 Å². The third kappa shape index (κ3) is 6.56. The molecule has 3 nitrogen and oxygen atoms in total. The van der Waals surface area contributed by atoms with Gasteiger partial charge in [0.2, 0.25) is 5.91 Å². The summed E-state index contributed by atoms with van der Waals surface area (Å²) in [5.74, 6) is 0.901. The smallest absolute Gasteiger partial charge is 0.220 e. The highest BCUT2D eigenvalue weighted by molar-refractivity contribution is 5.97. The van der Waals surface area contributed by atoms with Gasteiger partial charge in [-0.25, -0.2) is 0 Å². The van der Waals surface area contributed by atoms with Crippen LogP contribution in [0, 0.1) is 11.8 Å². The van der Waals surface area contributed by atoms with E-state index in [0.29, 0.717) is 18.9 Å². The van der Waals surface area contributed by atoms with Crippen LogP contribution in [-0.2, 0) is 11.3 Å². The lowest BCUT2D eigenvalue weighted by atomic mass is 10.00. The Bertz CT molecular complexity index is 461. The van der Waals surface area contributed by atoms with E-state index in [9.17, 15) is 9.59 Å². The van der Waals surface area contributed by atoms with Gasteiger partial charge in [-0.2, -0.15) is 0 Å². The molecule has 0 bridgehead atoms. The van der Waals surface area contributed by atoms with Crippen LogP contribution < -0.4 is 5.32 Å². The fraction of sp³-hybridized carbons (Fsp3) is 0.556. The van der Waals surface area contributed by atoms with Crippen molar-refractivity contribution in [3.63, 3.8) is 0 Å². The molecule has 1 aromatic rings. The van der Waals surface area contributed by atoms with Gasteiger partial charge in [0.15, 0.2) is 5.78 Å². The van der Waals surface area contributed by atoms with Crippen LogP contribution >= 0.6 is 0 Å². The minimum absolute atomic E-state index is 0.0107. The number of benzene rings is 1. The van der Waals surface area contributed by atoms with Gasteiger partial charge in [0.05, 0.1) is 0 Å². The number of nitrogens with one attached hydrogen (secondary N) is 1. The van der Waals surface area contributed by atoms with Crippen LogP contribution in [0.15, 0.2) is 24.3 Å². The minimum Gasteiger partial charge on any atom is -0.352 e. The molecule has 0 aliphatic carbocycles. The third-order valence-corrected chi connectivity index (χ3v) is 3.44. The van der Waals surface area contributed by atoms with Crippen molar-refractivity contribution in [1.29, 1.82) is 0 Å². The summed E-state index contributed by atoms with van der Waals surface area (Å²) >= 11 is 0. The molecule has 0 aliphatic heterocycles. The van der Waals surface area contributed by atoms with Gasteiger partial charge in [0.25, 0.3) is 0 Å². The summed E-state index contributed by atoms with van der Waals surface area (Å²) in [4.78, 5) is 23.5. The summed E-state index contributed by atoms with van der Waals surface area (Å²) in [5, 5.41) is 2.92. The van der Waals surface area contributed by atoms with E-state index in [4.69, 9.17) is 0 Å². The highest BCUT2D eigenvalue weighted by Gasteiger charge is 2.10. The zero-order chi connectivity index (χ0) is 15.8. The molecule has 0 unspecified atom stereocenters. The number of rotatable bonds is 8. The van der Waals surface area contributed by atoms with E-state index < -0.39 is 0 Å². The topological polar surface area (TPSA) is 46.2 Å². The van der Waals surface area contributed by atoms with Gasteiger partial charge in [-0.3, -0.25) is 9.59 Å². The van der Waals surface area contributed by atoms with Gasteiger partial charge in [-0.1, -0.05) is 58.4 Å². The number of amides is 1. The molecule has 0 fully saturated rings. The molecule has 0 spiro atoms. The van der Waals surface area contributed by atoms with Gasteiger partial charge in [0.1, 0.15) is 0 Å². The van der Waals surface area contributed by atoms with Crippen LogP contribution in [-0.4, -0.2) is 11.7 Å². The van der Waals surface area contributed by atoms with E-state index in [0.717, 1.165) is 24.0 Å². The number of hydrogen-bond acceptors (Lipinski definition) is 2. The summed E-state index contributed by atoms with van der Waals surface area (Å²) in [6, 6.07) is 7.49. The van der Waals surface area contributed by atoms with Crippen molar-refractivity contribution >= 4 is 11.7 Å². The maximum absolute atomic E-state index is 11.8. The average molecular weight is 289 g/mol. The Balaban J connectivity index is 2.39. The molecule has 0 atom stereocenters. The van der Waals surface area contributed by atoms with Crippen LogP contribution in [0.5, 0.6) is 0 Å². The van der Waals surface area contributed by atoms with Crippen LogP contribution in [0.25, 0.3) is 0 Å². The lowest BCUT2D eigenvalue weighted by Crippen LogP contribution is -2.22. The predicted octanol–water partition coefficient (Wildman–Crippen LogP) is 3.97. The lowest BCUT2D eigenvalue weighted by molar-refractivity contribution is -0.121. The summed E-state index contributed by atoms with van der Waals surface area (Å²) in [5.41, 5.74) is 1.75. The molecule has 0 saturated heterocycles. The first-order chi connectivity index (χ1) is 9.90. The fourth-order valence-electron chi connectivity index (χ4n) is 2.08. The molecule has 0 aliphatic rings. The maximum atomic E-state index is 11.8. The standard InChI is InChI=1S/C18H27NO2/c1-13(2)6-5-7-17(20)19-12-15-8-10-16(11-9-15)18(21)14(3)4/h8-11,13-14H,5-7,12H2,1-4H3,(H,19,20). The second-order valence-corrected chi connectivity index (χ2v) is 6.28. The van der Waals surface area contributed by atoms with Crippen molar-refractivity contribution in [2.24, 2.45) is 11.8 Å². The molecule has 21 heavy (non-hydrogen) atoms. The molecule has 3 heteroatoms. The van der Waals surface area contributed by atoms with E-state index in [-0.39, 0.29) is 17.6 Å². The quantitative estimate of drug-likeness (QED) is 0.736. The van der Waals surface area contributed by atoms with Crippen molar-refractivity contribution in [2.45, 2.75) is 53.5 Å². The van der Waals surface area contributed by atoms with Gasteiger partial charge in [0, 0.05) is 24.4 Å². The monoisotopic (exact) mass is 289 g/mol. The van der Waals surface area contributed by atoms with Gasteiger partial charge < -0.3 is 5.32 Å². The molecule has 1 rings (SSSR count). The Morgan fingerprint density at radius 3 is 2.19 bits per heavy atom. The highest BCUT2D eigenvalue weighted by atomic mass is 16.1. The Morgan fingerprint density at radius 2 is 1.67 bits per heavy atom. The number of carbonyl (C=O) groups is 2. The van der Waals surface area contributed by atoms with E-state index in [2.05, 4.69) is 19.2 Å². The first-order valence-corrected chi connectivity index (χ1v) is 7.80. The van der Waals surface area contributed by atoms with Crippen molar-refractivity contribution < 1.29 is 9.59 Å². The minimum atomic E-state index is 0.0107. The zero-order valence-corrected chi connectivity index (χ0v) is 13.6. The van der Waals surface area contributed by atoms with Crippen molar-refractivity contribution in [3.05, 3.63) is 35.4 Å².